The third-order valence-corrected chi connectivity index (χ3v) is 5.24. The molecule has 2 rings (SSSR count). The molecule has 0 amide bonds. The maximum Gasteiger partial charge on any atom is 0.245 e. The van der Waals surface area contributed by atoms with Crippen LogP contribution in [-0.2, 0) is 10.0 Å². The van der Waals surface area contributed by atoms with Crippen LogP contribution in [0.2, 0.25) is 0 Å². The summed E-state index contributed by atoms with van der Waals surface area (Å²) in [5, 5.41) is 0. The number of nitrogens with one attached hydrogen (secondary N) is 1. The largest absolute Gasteiger partial charge is 0.398 e. The summed E-state index contributed by atoms with van der Waals surface area (Å²) < 4.78 is 40.1. The predicted molar refractivity (Wildman–Crippen MR) is 83.2 cm³/mol. The number of benzene rings is 2. The molecule has 0 aliphatic carbocycles. The number of halogens is 1. The van der Waals surface area contributed by atoms with Crippen LogP contribution in [0.15, 0.2) is 58.3 Å². The maximum atomic E-state index is 13.6. The van der Waals surface area contributed by atoms with Crippen molar-refractivity contribution in [3.8, 4) is 0 Å². The van der Waals surface area contributed by atoms with E-state index >= 15 is 0 Å². The first kappa shape index (κ1) is 15.8. The second-order valence-corrected chi connectivity index (χ2v) is 7.09. The Hall–Kier alpha value is -1.57. The van der Waals surface area contributed by atoms with Crippen LogP contribution >= 0.6 is 11.8 Å². The Morgan fingerprint density at radius 3 is 2.48 bits per heavy atom. The van der Waals surface area contributed by atoms with E-state index in [-0.39, 0.29) is 12.2 Å². The maximum absolute atomic E-state index is 13.6. The fraction of sp³-hybridized carbons (Fsp3) is 0.143. The fourth-order valence-corrected chi connectivity index (χ4v) is 3.88. The van der Waals surface area contributed by atoms with Gasteiger partial charge in [-0.05, 0) is 24.3 Å². The molecule has 0 aromatic heterocycles. The number of nitrogens with two attached hydrogens (primary N) is 1. The van der Waals surface area contributed by atoms with Crippen LogP contribution < -0.4 is 10.5 Å². The third kappa shape index (κ3) is 4.20. The van der Waals surface area contributed by atoms with E-state index in [0.717, 1.165) is 11.0 Å². The van der Waals surface area contributed by atoms with E-state index in [1.54, 1.807) is 0 Å². The highest BCUT2D eigenvalue weighted by Crippen LogP contribution is 2.21. The van der Waals surface area contributed by atoms with Crippen LogP contribution in [0.3, 0.4) is 0 Å². The van der Waals surface area contributed by atoms with E-state index < -0.39 is 20.7 Å². The summed E-state index contributed by atoms with van der Waals surface area (Å²) in [5.74, 6) is -0.310. The van der Waals surface area contributed by atoms with E-state index in [2.05, 4.69) is 4.72 Å². The highest BCUT2D eigenvalue weighted by molar-refractivity contribution is 7.99. The molecule has 0 atom stereocenters. The summed E-state index contributed by atoms with van der Waals surface area (Å²) in [6.07, 6.45) is 0. The normalized spacial score (nSPS) is 11.5. The van der Waals surface area contributed by atoms with Gasteiger partial charge in [-0.25, -0.2) is 17.5 Å². The van der Waals surface area contributed by atoms with Crippen LogP contribution in [-0.4, -0.2) is 20.7 Å². The monoisotopic (exact) mass is 326 g/mol. The van der Waals surface area contributed by atoms with Crippen molar-refractivity contribution in [1.29, 1.82) is 0 Å². The molecule has 0 heterocycles. The number of thioether (sulfide) groups is 1. The lowest BCUT2D eigenvalue weighted by molar-refractivity contribution is 0.560. The van der Waals surface area contributed by atoms with E-state index in [4.69, 9.17) is 5.73 Å². The van der Waals surface area contributed by atoms with Crippen molar-refractivity contribution in [3.63, 3.8) is 0 Å². The van der Waals surface area contributed by atoms with Gasteiger partial charge in [0.2, 0.25) is 10.0 Å². The van der Waals surface area contributed by atoms with Gasteiger partial charge in [-0.3, -0.25) is 0 Å². The summed E-state index contributed by atoms with van der Waals surface area (Å²) >= 11 is 1.51. The quantitative estimate of drug-likeness (QED) is 0.486. The average molecular weight is 326 g/mol. The molecule has 2 aromatic carbocycles. The van der Waals surface area contributed by atoms with E-state index in [9.17, 15) is 12.8 Å². The van der Waals surface area contributed by atoms with Gasteiger partial charge in [0.1, 0.15) is 10.7 Å². The van der Waals surface area contributed by atoms with Crippen molar-refractivity contribution < 1.29 is 12.8 Å². The first-order valence-electron chi connectivity index (χ1n) is 6.22. The first-order chi connectivity index (χ1) is 10.0. The average Bonchev–Trinajstić information content (AvgIpc) is 2.44. The Kier molecular flexibility index (Phi) is 5.22. The molecule has 2 aromatic rings. The highest BCUT2D eigenvalue weighted by Gasteiger charge is 2.21. The minimum atomic E-state index is -3.94. The molecule has 0 fully saturated rings. The van der Waals surface area contributed by atoms with Gasteiger partial charge in [0.15, 0.2) is 0 Å². The molecular weight excluding hydrogens is 311 g/mol. The molecule has 4 nitrogen and oxygen atoms in total. The topological polar surface area (TPSA) is 72.2 Å². The zero-order valence-corrected chi connectivity index (χ0v) is 12.8. The molecule has 0 aliphatic rings. The van der Waals surface area contributed by atoms with Gasteiger partial charge >= 0.3 is 0 Å². The Bertz CT molecular complexity index is 686. The molecule has 7 heteroatoms. The van der Waals surface area contributed by atoms with Gasteiger partial charge < -0.3 is 5.73 Å². The summed E-state index contributed by atoms with van der Waals surface area (Å²) in [6.45, 7) is 0.190. The van der Waals surface area contributed by atoms with Crippen LogP contribution in [0.25, 0.3) is 0 Å². The Morgan fingerprint density at radius 2 is 1.81 bits per heavy atom. The SMILES string of the molecule is Nc1cccc(F)c1S(=O)(=O)NCCSc1ccccc1. The predicted octanol–water partition coefficient (Wildman–Crippen LogP) is 2.48. The number of nitrogen functional groups attached to an aromatic ring is 1. The zero-order valence-electron chi connectivity index (χ0n) is 11.1. The summed E-state index contributed by atoms with van der Waals surface area (Å²) in [5.41, 5.74) is 5.44. The van der Waals surface area contributed by atoms with E-state index in [1.165, 1.54) is 23.9 Å². The van der Waals surface area contributed by atoms with Crippen LogP contribution in [0, 0.1) is 5.82 Å². The Labute approximate surface area is 127 Å². The first-order valence-corrected chi connectivity index (χ1v) is 8.69. The van der Waals surface area contributed by atoms with Crippen LogP contribution in [0.1, 0.15) is 0 Å². The Morgan fingerprint density at radius 1 is 1.10 bits per heavy atom. The summed E-state index contributed by atoms with van der Waals surface area (Å²) in [4.78, 5) is 0.553. The van der Waals surface area contributed by atoms with E-state index in [1.807, 2.05) is 30.3 Å². The molecule has 0 saturated heterocycles. The molecule has 112 valence electrons. The number of anilines is 1. The molecular formula is C14H15FN2O2S2. The van der Waals surface area contributed by atoms with Gasteiger partial charge in [0, 0.05) is 17.2 Å². The molecule has 3 N–H and O–H groups in total. The second kappa shape index (κ2) is 6.93. The molecule has 0 unspecified atom stereocenters. The van der Waals surface area contributed by atoms with Crippen LogP contribution in [0.4, 0.5) is 10.1 Å². The number of hydrogen-bond acceptors (Lipinski definition) is 4. The van der Waals surface area contributed by atoms with Gasteiger partial charge in [-0.1, -0.05) is 24.3 Å². The summed E-state index contributed by atoms with van der Waals surface area (Å²) in [6, 6.07) is 13.4. The minimum absolute atomic E-state index is 0.0989. The standard InChI is InChI=1S/C14H15FN2O2S2/c15-12-7-4-8-13(16)14(12)21(18,19)17-9-10-20-11-5-2-1-3-6-11/h1-8,17H,9-10,16H2. The van der Waals surface area contributed by atoms with Crippen molar-refractivity contribution in [2.24, 2.45) is 0 Å². The smallest absolute Gasteiger partial charge is 0.245 e. The lowest BCUT2D eigenvalue weighted by atomic mass is 10.3. The highest BCUT2D eigenvalue weighted by atomic mass is 32.2. The van der Waals surface area contributed by atoms with Gasteiger partial charge in [0.05, 0.1) is 5.69 Å². The second-order valence-electron chi connectivity index (χ2n) is 4.22. The van der Waals surface area contributed by atoms with E-state index in [0.29, 0.717) is 5.75 Å². The van der Waals surface area contributed by atoms with Gasteiger partial charge in [0.25, 0.3) is 0 Å². The van der Waals surface area contributed by atoms with Gasteiger partial charge in [-0.2, -0.15) is 0 Å². The summed E-state index contributed by atoms with van der Waals surface area (Å²) in [7, 11) is -3.94. The lowest BCUT2D eigenvalue weighted by Crippen LogP contribution is -2.27. The van der Waals surface area contributed by atoms with Crippen molar-refractivity contribution in [2.45, 2.75) is 9.79 Å². The van der Waals surface area contributed by atoms with Crippen molar-refractivity contribution in [3.05, 3.63) is 54.3 Å². The third-order valence-electron chi connectivity index (χ3n) is 2.67. The fourth-order valence-electron chi connectivity index (χ4n) is 1.74. The number of hydrogen-bond donors (Lipinski definition) is 2. The molecule has 21 heavy (non-hydrogen) atoms. The van der Waals surface area contributed by atoms with Gasteiger partial charge in [-0.15, -0.1) is 11.8 Å². The van der Waals surface area contributed by atoms with Crippen molar-refractivity contribution in [2.75, 3.05) is 18.0 Å². The molecule has 0 spiro atoms. The number of sulfonamides is 1. The van der Waals surface area contributed by atoms with Crippen molar-refractivity contribution >= 4 is 27.5 Å². The molecule has 0 radical (unpaired) electrons. The minimum Gasteiger partial charge on any atom is -0.398 e. The number of rotatable bonds is 6. The lowest BCUT2D eigenvalue weighted by Gasteiger charge is -2.09. The Balaban J connectivity index is 1.96. The zero-order chi connectivity index (χ0) is 15.3. The molecule has 0 aliphatic heterocycles. The molecule has 0 bridgehead atoms. The van der Waals surface area contributed by atoms with Crippen LogP contribution in [0.5, 0.6) is 0 Å². The molecule has 0 saturated carbocycles. The van der Waals surface area contributed by atoms with Crippen molar-refractivity contribution in [1.82, 2.24) is 4.72 Å².